The maximum atomic E-state index is 2.20. The lowest BCUT2D eigenvalue weighted by molar-refractivity contribution is 1.55. The van der Waals surface area contributed by atoms with Gasteiger partial charge in [-0.15, -0.1) is 0 Å². The van der Waals surface area contributed by atoms with Crippen LogP contribution in [0.3, 0.4) is 0 Å². The van der Waals surface area contributed by atoms with Crippen LogP contribution in [0.4, 0.5) is 0 Å². The first kappa shape index (κ1) is 20.7. The van der Waals surface area contributed by atoms with Crippen molar-refractivity contribution < 1.29 is 0 Å². The van der Waals surface area contributed by atoms with Crippen molar-refractivity contribution >= 4 is 53.9 Å². The predicted octanol–water partition coefficient (Wildman–Crippen LogP) is 9.63. The molecule has 0 aliphatic rings. The minimum atomic E-state index is 1.30. The third kappa shape index (κ3) is 4.67. The summed E-state index contributed by atoms with van der Waals surface area (Å²) in [6.07, 6.45) is 0. The van der Waals surface area contributed by atoms with E-state index in [2.05, 4.69) is 133 Å². The second-order valence-corrected chi connectivity index (χ2v) is 9.68. The van der Waals surface area contributed by atoms with Gasteiger partial charge in [0, 0.05) is 9.79 Å². The summed E-state index contributed by atoms with van der Waals surface area (Å²) >= 11 is 0. The van der Waals surface area contributed by atoms with E-state index >= 15 is 0 Å². The van der Waals surface area contributed by atoms with E-state index in [0.717, 1.165) is 0 Å². The topological polar surface area (TPSA) is 0 Å². The summed E-state index contributed by atoms with van der Waals surface area (Å²) in [6.45, 7) is 0. The lowest BCUT2D eigenvalue weighted by atomic mass is 10.1. The van der Waals surface area contributed by atoms with Crippen molar-refractivity contribution in [2.75, 3.05) is 0 Å². The molecule has 0 aromatic heterocycles. The molecule has 6 aromatic carbocycles. The van der Waals surface area contributed by atoms with Crippen LogP contribution in [0.15, 0.2) is 143 Å². The third-order valence-corrected chi connectivity index (χ3v) is 7.86. The lowest BCUT2D eigenvalue weighted by Crippen LogP contribution is -1.77. The van der Waals surface area contributed by atoms with Crippen molar-refractivity contribution in [1.82, 2.24) is 0 Å². The molecule has 154 valence electrons. The average molecular weight is 447 g/mol. The average Bonchev–Trinajstić information content (AvgIpc) is 2.88. The van der Waals surface area contributed by atoms with Gasteiger partial charge >= 0.3 is 0 Å². The maximum Gasteiger partial charge on any atom is 0.0264 e. The molecule has 0 atom stereocenters. The van der Waals surface area contributed by atoms with Gasteiger partial charge in [0.05, 0.1) is 0 Å². The Bertz CT molecular complexity index is 1330. The minimum absolute atomic E-state index is 1.30. The van der Waals surface area contributed by atoms with Gasteiger partial charge in [0.2, 0.25) is 0 Å². The van der Waals surface area contributed by atoms with Crippen LogP contribution >= 0.6 is 21.6 Å². The van der Waals surface area contributed by atoms with Gasteiger partial charge in [-0.1, -0.05) is 143 Å². The summed E-state index contributed by atoms with van der Waals surface area (Å²) in [5.41, 5.74) is 0. The van der Waals surface area contributed by atoms with E-state index in [1.165, 1.54) is 42.1 Å². The molecule has 2 heteroatoms. The monoisotopic (exact) mass is 446 g/mol. The Kier molecular flexibility index (Phi) is 6.43. The van der Waals surface area contributed by atoms with Crippen LogP contribution in [0.1, 0.15) is 0 Å². The Labute approximate surface area is 196 Å². The SMILES string of the molecule is c1ccc2c(SSc3cccc4ccccc34)cccc2c1.c1ccc2ccccc2c1. The summed E-state index contributed by atoms with van der Waals surface area (Å²) < 4.78 is 0. The molecule has 0 aliphatic carbocycles. The number of hydrogen-bond donors (Lipinski definition) is 0. The van der Waals surface area contributed by atoms with Gasteiger partial charge in [-0.2, -0.15) is 0 Å². The van der Waals surface area contributed by atoms with Gasteiger partial charge < -0.3 is 0 Å². The molecule has 0 N–H and O–H groups in total. The van der Waals surface area contributed by atoms with E-state index in [0.29, 0.717) is 0 Å². The van der Waals surface area contributed by atoms with Crippen LogP contribution in [0.5, 0.6) is 0 Å². The molecule has 0 bridgehead atoms. The van der Waals surface area contributed by atoms with Crippen LogP contribution in [-0.2, 0) is 0 Å². The van der Waals surface area contributed by atoms with Crippen molar-refractivity contribution in [2.24, 2.45) is 0 Å². The zero-order chi connectivity index (χ0) is 21.6. The number of benzene rings is 6. The third-order valence-electron chi connectivity index (χ3n) is 5.38. The van der Waals surface area contributed by atoms with Crippen molar-refractivity contribution in [3.8, 4) is 0 Å². The van der Waals surface area contributed by atoms with E-state index < -0.39 is 0 Å². The molecule has 32 heavy (non-hydrogen) atoms. The minimum Gasteiger partial charge on any atom is -0.0616 e. The van der Waals surface area contributed by atoms with E-state index in [1.807, 2.05) is 21.6 Å². The first-order valence-electron chi connectivity index (χ1n) is 10.6. The van der Waals surface area contributed by atoms with Gasteiger partial charge in [-0.05, 0) is 44.5 Å². The van der Waals surface area contributed by atoms with Crippen molar-refractivity contribution in [3.63, 3.8) is 0 Å². The van der Waals surface area contributed by atoms with E-state index in [9.17, 15) is 0 Å². The summed E-state index contributed by atoms with van der Waals surface area (Å²) in [6, 6.07) is 46.8. The highest BCUT2D eigenvalue weighted by atomic mass is 33.1. The summed E-state index contributed by atoms with van der Waals surface area (Å²) in [5, 5.41) is 7.86. The fourth-order valence-corrected chi connectivity index (χ4v) is 6.17. The normalized spacial score (nSPS) is 10.8. The standard InChI is InChI=1S/C20H14S2.C10H8/c1-3-11-17-15(7-1)9-5-13-19(17)21-22-20-14-6-10-16-8-2-4-12-18(16)20;1-2-6-10-8-4-3-7-9(10)5-1/h1-14H;1-8H. The Balaban J connectivity index is 0.000000180. The van der Waals surface area contributed by atoms with Gasteiger partial charge in [0.1, 0.15) is 0 Å². The molecule has 0 saturated heterocycles. The quantitative estimate of drug-likeness (QED) is 0.248. The highest BCUT2D eigenvalue weighted by Crippen LogP contribution is 2.42. The number of fused-ring (bicyclic) bond motifs is 3. The largest absolute Gasteiger partial charge is 0.0616 e. The second kappa shape index (κ2) is 9.95. The maximum absolute atomic E-state index is 2.20. The molecule has 0 fully saturated rings. The highest BCUT2D eigenvalue weighted by Gasteiger charge is 2.05. The van der Waals surface area contributed by atoms with Gasteiger partial charge in [0.25, 0.3) is 0 Å². The molecule has 0 amide bonds. The molecule has 0 radical (unpaired) electrons. The first-order chi connectivity index (χ1) is 15.9. The van der Waals surface area contributed by atoms with Gasteiger partial charge in [-0.3, -0.25) is 0 Å². The summed E-state index contributed by atoms with van der Waals surface area (Å²) in [7, 11) is 3.67. The fourth-order valence-electron chi connectivity index (χ4n) is 3.76. The zero-order valence-electron chi connectivity index (χ0n) is 17.5. The van der Waals surface area contributed by atoms with E-state index in [-0.39, 0.29) is 0 Å². The molecular formula is C30H22S2. The van der Waals surface area contributed by atoms with Crippen molar-refractivity contribution in [1.29, 1.82) is 0 Å². The van der Waals surface area contributed by atoms with E-state index in [4.69, 9.17) is 0 Å². The van der Waals surface area contributed by atoms with Gasteiger partial charge in [-0.25, -0.2) is 0 Å². The lowest BCUT2D eigenvalue weighted by Gasteiger charge is -2.08. The Morgan fingerprint density at radius 1 is 0.281 bits per heavy atom. The predicted molar refractivity (Wildman–Crippen MR) is 144 cm³/mol. The molecule has 6 rings (SSSR count). The first-order valence-corrected chi connectivity index (χ1v) is 12.8. The molecule has 6 aromatic rings. The molecule has 0 nitrogen and oxygen atoms in total. The van der Waals surface area contributed by atoms with Crippen LogP contribution in [0.25, 0.3) is 32.3 Å². The smallest absolute Gasteiger partial charge is 0.0264 e. The Hall–Kier alpha value is -3.20. The van der Waals surface area contributed by atoms with E-state index in [1.54, 1.807) is 0 Å². The molecular weight excluding hydrogens is 424 g/mol. The fraction of sp³-hybridized carbons (Fsp3) is 0. The van der Waals surface area contributed by atoms with Crippen LogP contribution < -0.4 is 0 Å². The van der Waals surface area contributed by atoms with Crippen LogP contribution in [0.2, 0.25) is 0 Å². The molecule has 0 heterocycles. The number of rotatable bonds is 3. The summed E-state index contributed by atoms with van der Waals surface area (Å²) in [5.74, 6) is 0. The van der Waals surface area contributed by atoms with Crippen molar-refractivity contribution in [3.05, 3.63) is 133 Å². The summed E-state index contributed by atoms with van der Waals surface area (Å²) in [4.78, 5) is 2.63. The van der Waals surface area contributed by atoms with Crippen LogP contribution in [0, 0.1) is 0 Å². The molecule has 0 aliphatic heterocycles. The Morgan fingerprint density at radius 2 is 0.594 bits per heavy atom. The second-order valence-electron chi connectivity index (χ2n) is 7.47. The van der Waals surface area contributed by atoms with Crippen molar-refractivity contribution in [2.45, 2.75) is 9.79 Å². The highest BCUT2D eigenvalue weighted by molar-refractivity contribution is 8.76. The molecule has 0 saturated carbocycles. The molecule has 0 unspecified atom stereocenters. The Morgan fingerprint density at radius 3 is 1.00 bits per heavy atom. The molecule has 0 spiro atoms. The van der Waals surface area contributed by atoms with Crippen LogP contribution in [-0.4, -0.2) is 0 Å². The zero-order valence-corrected chi connectivity index (χ0v) is 19.2. The van der Waals surface area contributed by atoms with Gasteiger partial charge in [0.15, 0.2) is 0 Å². The number of hydrogen-bond acceptors (Lipinski definition) is 2.